The highest BCUT2D eigenvalue weighted by atomic mass is 16.5. The van der Waals surface area contributed by atoms with Crippen molar-refractivity contribution in [2.24, 2.45) is 5.41 Å². The minimum absolute atomic E-state index is 0.00342. The molecule has 2 N–H and O–H groups in total. The second kappa shape index (κ2) is 8.97. The van der Waals surface area contributed by atoms with Gasteiger partial charge in [-0.2, -0.15) is 0 Å². The Morgan fingerprint density at radius 2 is 1.92 bits per heavy atom. The van der Waals surface area contributed by atoms with Crippen LogP contribution in [0.1, 0.15) is 26.3 Å². The Bertz CT molecular complexity index is 569. The van der Waals surface area contributed by atoms with Gasteiger partial charge in [-0.05, 0) is 5.56 Å². The first-order valence-electron chi connectivity index (χ1n) is 8.77. The Morgan fingerprint density at radius 3 is 2.60 bits per heavy atom. The van der Waals surface area contributed by atoms with E-state index in [1.807, 2.05) is 39.0 Å². The highest BCUT2D eigenvalue weighted by Crippen LogP contribution is 2.12. The van der Waals surface area contributed by atoms with E-state index in [4.69, 9.17) is 4.74 Å². The molecule has 0 aromatic heterocycles. The molecule has 25 heavy (non-hydrogen) atoms. The van der Waals surface area contributed by atoms with Gasteiger partial charge in [0.25, 0.3) is 0 Å². The topological polar surface area (TPSA) is 70.7 Å². The van der Waals surface area contributed by atoms with Crippen LogP contribution in [-0.2, 0) is 20.9 Å². The van der Waals surface area contributed by atoms with Crippen LogP contribution in [0.15, 0.2) is 30.3 Å². The average Bonchev–Trinajstić information content (AvgIpc) is 2.58. The van der Waals surface area contributed by atoms with Gasteiger partial charge >= 0.3 is 0 Å². The number of benzene rings is 1. The van der Waals surface area contributed by atoms with Crippen LogP contribution in [0.2, 0.25) is 0 Å². The smallest absolute Gasteiger partial charge is 0.239 e. The zero-order valence-electron chi connectivity index (χ0n) is 15.4. The fourth-order valence-corrected chi connectivity index (χ4v) is 2.61. The van der Waals surface area contributed by atoms with Gasteiger partial charge in [-0.15, -0.1) is 0 Å². The maximum Gasteiger partial charge on any atom is 0.239 e. The van der Waals surface area contributed by atoms with Crippen molar-refractivity contribution in [3.05, 3.63) is 35.9 Å². The molecule has 1 saturated heterocycles. The molecule has 0 saturated carbocycles. The SMILES string of the molecule is CC(C)(C)C(=O)NCC(=O)NCC1CN(Cc2ccccc2)CCO1. The predicted molar refractivity (Wildman–Crippen MR) is 96.9 cm³/mol. The minimum atomic E-state index is -0.495. The van der Waals surface area contributed by atoms with E-state index >= 15 is 0 Å². The van der Waals surface area contributed by atoms with Gasteiger partial charge in [0, 0.05) is 31.6 Å². The summed E-state index contributed by atoms with van der Waals surface area (Å²) in [6.07, 6.45) is -0.0280. The van der Waals surface area contributed by atoms with E-state index in [0.29, 0.717) is 13.2 Å². The Balaban J connectivity index is 1.70. The van der Waals surface area contributed by atoms with Crippen LogP contribution in [0, 0.1) is 5.41 Å². The monoisotopic (exact) mass is 347 g/mol. The van der Waals surface area contributed by atoms with Gasteiger partial charge in [-0.3, -0.25) is 14.5 Å². The first-order chi connectivity index (χ1) is 11.8. The standard InChI is InChI=1S/C19H29N3O3/c1-19(2,3)18(24)21-12-17(23)20-11-16-14-22(9-10-25-16)13-15-7-5-4-6-8-15/h4-8,16H,9-14H2,1-3H3,(H,20,23)(H,21,24). The Kier molecular flexibility index (Phi) is 6.96. The first kappa shape index (κ1) is 19.4. The summed E-state index contributed by atoms with van der Waals surface area (Å²) in [6.45, 7) is 9.12. The molecule has 6 nitrogen and oxygen atoms in total. The largest absolute Gasteiger partial charge is 0.374 e. The Morgan fingerprint density at radius 1 is 1.20 bits per heavy atom. The quantitative estimate of drug-likeness (QED) is 0.810. The van der Waals surface area contributed by atoms with Crippen molar-refractivity contribution < 1.29 is 14.3 Å². The maximum atomic E-state index is 11.9. The molecular weight excluding hydrogens is 318 g/mol. The molecule has 0 bridgehead atoms. The summed E-state index contributed by atoms with van der Waals surface area (Å²) in [5, 5.41) is 5.49. The number of hydrogen-bond acceptors (Lipinski definition) is 4. The summed E-state index contributed by atoms with van der Waals surface area (Å²) in [5.74, 6) is -0.327. The van der Waals surface area contributed by atoms with Gasteiger partial charge in [-0.1, -0.05) is 51.1 Å². The van der Waals surface area contributed by atoms with E-state index in [9.17, 15) is 9.59 Å². The number of carbonyl (C=O) groups is 2. The second-order valence-electron chi connectivity index (χ2n) is 7.45. The van der Waals surface area contributed by atoms with Crippen molar-refractivity contribution in [1.82, 2.24) is 15.5 Å². The maximum absolute atomic E-state index is 11.9. The third-order valence-electron chi connectivity index (χ3n) is 4.09. The second-order valence-corrected chi connectivity index (χ2v) is 7.45. The van der Waals surface area contributed by atoms with Crippen LogP contribution < -0.4 is 10.6 Å². The lowest BCUT2D eigenvalue weighted by atomic mass is 9.96. The number of nitrogens with one attached hydrogen (secondary N) is 2. The zero-order chi connectivity index (χ0) is 18.3. The summed E-state index contributed by atoms with van der Waals surface area (Å²) in [5.41, 5.74) is 0.780. The van der Waals surface area contributed by atoms with Gasteiger partial charge in [-0.25, -0.2) is 0 Å². The van der Waals surface area contributed by atoms with Crippen molar-refractivity contribution in [2.75, 3.05) is 32.8 Å². The first-order valence-corrected chi connectivity index (χ1v) is 8.77. The van der Waals surface area contributed by atoms with E-state index in [1.54, 1.807) is 0 Å². The number of ether oxygens (including phenoxy) is 1. The van der Waals surface area contributed by atoms with Crippen LogP contribution in [0.3, 0.4) is 0 Å². The third kappa shape index (κ3) is 6.84. The lowest BCUT2D eigenvalue weighted by Gasteiger charge is -2.33. The molecule has 6 heteroatoms. The summed E-state index contributed by atoms with van der Waals surface area (Å²) in [6, 6.07) is 10.3. The van der Waals surface area contributed by atoms with Crippen molar-refractivity contribution >= 4 is 11.8 Å². The van der Waals surface area contributed by atoms with Crippen LogP contribution in [0.4, 0.5) is 0 Å². The molecule has 1 aromatic rings. The predicted octanol–water partition coefficient (Wildman–Crippen LogP) is 1.17. The van der Waals surface area contributed by atoms with Gasteiger partial charge in [0.1, 0.15) is 0 Å². The molecule has 2 rings (SSSR count). The molecule has 1 aliphatic rings. The molecule has 1 unspecified atom stereocenters. The molecule has 1 heterocycles. The lowest BCUT2D eigenvalue weighted by Crippen LogP contribution is -2.49. The molecule has 138 valence electrons. The normalized spacial score (nSPS) is 18.6. The van der Waals surface area contributed by atoms with E-state index < -0.39 is 5.41 Å². The third-order valence-corrected chi connectivity index (χ3v) is 4.09. The molecule has 1 fully saturated rings. The molecule has 1 aliphatic heterocycles. The summed E-state index contributed by atoms with van der Waals surface area (Å²) >= 11 is 0. The fraction of sp³-hybridized carbons (Fsp3) is 0.579. The van der Waals surface area contributed by atoms with Gasteiger partial charge in [0.15, 0.2) is 0 Å². The zero-order valence-corrected chi connectivity index (χ0v) is 15.4. The van der Waals surface area contributed by atoms with Gasteiger partial charge in [0.2, 0.25) is 11.8 Å². The van der Waals surface area contributed by atoms with Crippen LogP contribution >= 0.6 is 0 Å². The fourth-order valence-electron chi connectivity index (χ4n) is 2.61. The van der Waals surface area contributed by atoms with Crippen molar-refractivity contribution in [1.29, 1.82) is 0 Å². The number of rotatable bonds is 6. The van der Waals surface area contributed by atoms with Gasteiger partial charge in [0.05, 0.1) is 19.3 Å². The number of morpholine rings is 1. The molecule has 0 aliphatic carbocycles. The minimum Gasteiger partial charge on any atom is -0.374 e. The lowest BCUT2D eigenvalue weighted by molar-refractivity contribution is -0.131. The number of nitrogens with zero attached hydrogens (tertiary/aromatic N) is 1. The van der Waals surface area contributed by atoms with Crippen LogP contribution in [0.5, 0.6) is 0 Å². The van der Waals surface area contributed by atoms with E-state index in [0.717, 1.165) is 19.6 Å². The summed E-state index contributed by atoms with van der Waals surface area (Å²) in [7, 11) is 0. The number of amides is 2. The van der Waals surface area contributed by atoms with E-state index in [-0.39, 0.29) is 24.5 Å². The Labute approximate surface area is 149 Å². The summed E-state index contributed by atoms with van der Waals surface area (Å²) in [4.78, 5) is 26.0. The van der Waals surface area contributed by atoms with Crippen molar-refractivity contribution in [3.8, 4) is 0 Å². The highest BCUT2D eigenvalue weighted by Gasteiger charge is 2.23. The average molecular weight is 347 g/mol. The number of hydrogen-bond donors (Lipinski definition) is 2. The van der Waals surface area contributed by atoms with Gasteiger partial charge < -0.3 is 15.4 Å². The van der Waals surface area contributed by atoms with Crippen molar-refractivity contribution in [3.63, 3.8) is 0 Å². The molecule has 0 radical (unpaired) electrons. The molecule has 0 spiro atoms. The van der Waals surface area contributed by atoms with E-state index in [1.165, 1.54) is 5.56 Å². The Hall–Kier alpha value is -1.92. The molecule has 1 aromatic carbocycles. The molecule has 2 amide bonds. The van der Waals surface area contributed by atoms with E-state index in [2.05, 4.69) is 27.7 Å². The summed E-state index contributed by atoms with van der Waals surface area (Å²) < 4.78 is 5.73. The van der Waals surface area contributed by atoms with Crippen LogP contribution in [0.25, 0.3) is 0 Å². The number of carbonyl (C=O) groups excluding carboxylic acids is 2. The highest BCUT2D eigenvalue weighted by molar-refractivity contribution is 5.87. The van der Waals surface area contributed by atoms with Crippen LogP contribution in [-0.4, -0.2) is 55.6 Å². The van der Waals surface area contributed by atoms with Crippen molar-refractivity contribution in [2.45, 2.75) is 33.4 Å². The molecular formula is C19H29N3O3. The molecule has 1 atom stereocenters.